The molecule has 0 aliphatic heterocycles. The number of nitrogens with zero attached hydrogens (tertiary/aromatic N) is 1. The molecule has 5 nitrogen and oxygen atoms in total. The maximum Gasteiger partial charge on any atom is 0.191 e. The van der Waals surface area contributed by atoms with Gasteiger partial charge in [0.2, 0.25) is 0 Å². The van der Waals surface area contributed by atoms with Crippen molar-refractivity contribution in [3.63, 3.8) is 0 Å². The van der Waals surface area contributed by atoms with Gasteiger partial charge in [0, 0.05) is 29.3 Å². The van der Waals surface area contributed by atoms with Gasteiger partial charge in [-0.2, -0.15) is 0 Å². The third-order valence-corrected chi connectivity index (χ3v) is 5.85. The second-order valence-corrected chi connectivity index (χ2v) is 8.42. The van der Waals surface area contributed by atoms with E-state index in [0.29, 0.717) is 18.8 Å². The number of hydrogen-bond donors (Lipinski definition) is 2. The fraction of sp³-hybridized carbons (Fsp3) is 0.409. The van der Waals surface area contributed by atoms with Gasteiger partial charge in [-0.25, -0.2) is 4.99 Å². The molecular formula is C22H30IN3O2S. The number of halogens is 1. The molecule has 3 rings (SSSR count). The first-order valence-electron chi connectivity index (χ1n) is 9.92. The highest BCUT2D eigenvalue weighted by Gasteiger charge is 2.22. The monoisotopic (exact) mass is 527 g/mol. The molecule has 1 saturated carbocycles. The Balaban J connectivity index is 0.00000300. The highest BCUT2D eigenvalue weighted by molar-refractivity contribution is 14.0. The molecule has 0 saturated heterocycles. The fourth-order valence-electron chi connectivity index (χ4n) is 2.73. The van der Waals surface area contributed by atoms with Gasteiger partial charge in [-0.1, -0.05) is 36.4 Å². The van der Waals surface area contributed by atoms with Crippen LogP contribution in [-0.2, 0) is 17.3 Å². The molecule has 7 heteroatoms. The quantitative estimate of drug-likeness (QED) is 0.279. The first kappa shape index (κ1) is 23.7. The predicted octanol–water partition coefficient (Wildman–Crippen LogP) is 3.96. The van der Waals surface area contributed by atoms with Crippen molar-refractivity contribution in [1.29, 1.82) is 0 Å². The van der Waals surface area contributed by atoms with E-state index in [1.165, 1.54) is 12.8 Å². The topological polar surface area (TPSA) is 62.7 Å². The second kappa shape index (κ2) is 12.8. The Morgan fingerprint density at radius 1 is 1.10 bits per heavy atom. The third-order valence-electron chi connectivity index (χ3n) is 4.48. The van der Waals surface area contributed by atoms with Crippen molar-refractivity contribution in [3.05, 3.63) is 60.2 Å². The first-order chi connectivity index (χ1) is 13.8. The smallest absolute Gasteiger partial charge is 0.191 e. The third kappa shape index (κ3) is 8.34. The van der Waals surface area contributed by atoms with Crippen LogP contribution >= 0.6 is 24.0 Å². The zero-order valence-electron chi connectivity index (χ0n) is 16.8. The first-order valence-corrected chi connectivity index (χ1v) is 11.2. The van der Waals surface area contributed by atoms with Crippen LogP contribution in [0, 0.1) is 5.92 Å². The normalized spacial score (nSPS) is 14.6. The number of rotatable bonds is 10. The molecule has 1 aliphatic carbocycles. The van der Waals surface area contributed by atoms with Crippen LogP contribution in [0.1, 0.15) is 25.3 Å². The van der Waals surface area contributed by atoms with Crippen LogP contribution in [0.15, 0.2) is 64.5 Å². The van der Waals surface area contributed by atoms with E-state index in [0.717, 1.165) is 41.2 Å². The molecule has 0 heterocycles. The predicted molar refractivity (Wildman–Crippen MR) is 131 cm³/mol. The minimum absolute atomic E-state index is 0. The van der Waals surface area contributed by atoms with Crippen LogP contribution in [0.5, 0.6) is 5.75 Å². The Hall–Kier alpha value is -1.61. The zero-order chi connectivity index (χ0) is 19.6. The second-order valence-electron chi connectivity index (χ2n) is 6.85. The molecule has 0 aromatic heterocycles. The van der Waals surface area contributed by atoms with E-state index in [1.54, 1.807) is 0 Å². The van der Waals surface area contributed by atoms with E-state index in [9.17, 15) is 4.21 Å². The lowest BCUT2D eigenvalue weighted by atomic mass is 10.2. The number of hydrogen-bond acceptors (Lipinski definition) is 3. The van der Waals surface area contributed by atoms with Gasteiger partial charge in [0.15, 0.2) is 5.96 Å². The summed E-state index contributed by atoms with van der Waals surface area (Å²) >= 11 is 0. The maximum absolute atomic E-state index is 12.3. The van der Waals surface area contributed by atoms with Gasteiger partial charge in [-0.3, -0.25) is 4.21 Å². The van der Waals surface area contributed by atoms with E-state index in [4.69, 9.17) is 4.74 Å². The van der Waals surface area contributed by atoms with Crippen LogP contribution in [0.2, 0.25) is 0 Å². The molecule has 0 bridgehead atoms. The molecule has 2 aromatic rings. The summed E-state index contributed by atoms with van der Waals surface area (Å²) in [4.78, 5) is 5.53. The summed E-state index contributed by atoms with van der Waals surface area (Å²) in [5.41, 5.74) is 1.08. The van der Waals surface area contributed by atoms with Crippen LogP contribution in [0.25, 0.3) is 0 Å². The Labute approximate surface area is 193 Å². The average Bonchev–Trinajstić information content (AvgIpc) is 3.56. The van der Waals surface area contributed by atoms with Gasteiger partial charge in [0.1, 0.15) is 5.75 Å². The molecule has 1 atom stereocenters. The lowest BCUT2D eigenvalue weighted by Crippen LogP contribution is -2.39. The Morgan fingerprint density at radius 3 is 2.55 bits per heavy atom. The van der Waals surface area contributed by atoms with E-state index in [2.05, 4.69) is 21.7 Å². The van der Waals surface area contributed by atoms with Crippen molar-refractivity contribution < 1.29 is 8.95 Å². The maximum atomic E-state index is 12.3. The van der Waals surface area contributed by atoms with Gasteiger partial charge in [0.25, 0.3) is 0 Å². The molecule has 29 heavy (non-hydrogen) atoms. The summed E-state index contributed by atoms with van der Waals surface area (Å²) in [5, 5.41) is 6.52. The number of aliphatic imine (C=N–C) groups is 1. The van der Waals surface area contributed by atoms with Crippen LogP contribution in [0.4, 0.5) is 0 Å². The zero-order valence-corrected chi connectivity index (χ0v) is 20.0. The van der Waals surface area contributed by atoms with Gasteiger partial charge >= 0.3 is 0 Å². The lowest BCUT2D eigenvalue weighted by molar-refractivity contribution is 0.297. The molecule has 1 fully saturated rings. The Morgan fingerprint density at radius 2 is 1.83 bits per heavy atom. The van der Waals surface area contributed by atoms with Gasteiger partial charge < -0.3 is 15.4 Å². The van der Waals surface area contributed by atoms with Crippen molar-refractivity contribution in [2.24, 2.45) is 10.9 Å². The molecule has 0 spiro atoms. The minimum atomic E-state index is -1.01. The summed E-state index contributed by atoms with van der Waals surface area (Å²) in [6.45, 7) is 4.73. The summed E-state index contributed by atoms with van der Waals surface area (Å²) in [7, 11) is -1.01. The number of benzene rings is 2. The minimum Gasteiger partial charge on any atom is -0.493 e. The SMILES string of the molecule is CCNC(=NCc1ccccc1OCC1CC1)NCCS(=O)c1ccccc1.I. The Bertz CT molecular complexity index is 798. The highest BCUT2D eigenvalue weighted by atomic mass is 127. The summed E-state index contributed by atoms with van der Waals surface area (Å²) in [6.07, 6.45) is 2.55. The summed E-state index contributed by atoms with van der Waals surface area (Å²) < 4.78 is 18.3. The molecule has 1 unspecified atom stereocenters. The number of ether oxygens (including phenoxy) is 1. The van der Waals surface area contributed by atoms with Crippen LogP contribution < -0.4 is 15.4 Å². The number of guanidine groups is 1. The van der Waals surface area contributed by atoms with Gasteiger partial charge in [-0.05, 0) is 43.9 Å². The van der Waals surface area contributed by atoms with Crippen molar-refractivity contribution in [1.82, 2.24) is 10.6 Å². The number of para-hydroxylation sites is 1. The van der Waals surface area contributed by atoms with Gasteiger partial charge in [0.05, 0.1) is 24.0 Å². The van der Waals surface area contributed by atoms with Gasteiger partial charge in [-0.15, -0.1) is 24.0 Å². The number of nitrogens with one attached hydrogen (secondary N) is 2. The molecular weight excluding hydrogens is 497 g/mol. The van der Waals surface area contributed by atoms with Crippen molar-refractivity contribution in [3.8, 4) is 5.75 Å². The van der Waals surface area contributed by atoms with Crippen molar-refractivity contribution in [2.75, 3.05) is 25.4 Å². The molecule has 0 amide bonds. The molecule has 1 aliphatic rings. The van der Waals surface area contributed by atoms with E-state index in [-0.39, 0.29) is 24.0 Å². The fourth-order valence-corrected chi connectivity index (χ4v) is 3.71. The highest BCUT2D eigenvalue weighted by Crippen LogP contribution is 2.30. The average molecular weight is 527 g/mol. The largest absolute Gasteiger partial charge is 0.493 e. The molecule has 0 radical (unpaired) electrons. The van der Waals surface area contributed by atoms with Crippen molar-refractivity contribution in [2.45, 2.75) is 31.2 Å². The van der Waals surface area contributed by atoms with E-state index in [1.807, 2.05) is 55.5 Å². The molecule has 2 aromatic carbocycles. The molecule has 2 N–H and O–H groups in total. The standard InChI is InChI=1S/C22H29N3O2S.HI/c1-2-23-22(24-14-15-28(26)20-9-4-3-5-10-20)25-16-19-8-6-7-11-21(19)27-17-18-12-13-18;/h3-11,18H,2,12-17H2,1H3,(H2,23,24,25);1H. The van der Waals surface area contributed by atoms with E-state index >= 15 is 0 Å². The Kier molecular flexibility index (Phi) is 10.5. The van der Waals surface area contributed by atoms with Crippen LogP contribution in [-0.4, -0.2) is 35.6 Å². The summed E-state index contributed by atoms with van der Waals surface area (Å²) in [5.74, 6) is 2.90. The summed E-state index contributed by atoms with van der Waals surface area (Å²) in [6, 6.07) is 17.6. The van der Waals surface area contributed by atoms with Crippen LogP contribution in [0.3, 0.4) is 0 Å². The lowest BCUT2D eigenvalue weighted by Gasteiger charge is -2.13. The van der Waals surface area contributed by atoms with E-state index < -0.39 is 10.8 Å². The van der Waals surface area contributed by atoms with Crippen molar-refractivity contribution >= 4 is 40.7 Å². The molecule has 158 valence electrons.